The minimum Gasteiger partial charge on any atom is -0.308 e. The third-order valence-corrected chi connectivity index (χ3v) is 5.95. The molecular formula is C25H14N2. The van der Waals surface area contributed by atoms with Gasteiger partial charge >= 0.3 is 0 Å². The highest BCUT2D eigenvalue weighted by molar-refractivity contribution is 6.36. The Labute approximate surface area is 154 Å². The van der Waals surface area contributed by atoms with Crippen molar-refractivity contribution in [1.29, 1.82) is 0 Å². The normalized spacial score (nSPS) is 12.4. The number of rotatable bonds is 0. The van der Waals surface area contributed by atoms with Crippen molar-refractivity contribution in [3.8, 4) is 0 Å². The molecule has 4 aromatic carbocycles. The van der Waals surface area contributed by atoms with Crippen molar-refractivity contribution >= 4 is 59.8 Å². The van der Waals surface area contributed by atoms with Crippen LogP contribution in [0.25, 0.3) is 59.8 Å². The Bertz CT molecular complexity index is 1550. The molecule has 3 heterocycles. The van der Waals surface area contributed by atoms with Gasteiger partial charge in [0.1, 0.15) is 0 Å². The molecule has 0 aliphatic heterocycles. The number of hydrogen-bond donors (Lipinski definition) is 0. The van der Waals surface area contributed by atoms with Crippen LogP contribution in [0.15, 0.2) is 85.1 Å². The molecule has 0 bridgehead atoms. The van der Waals surface area contributed by atoms with Crippen molar-refractivity contribution < 1.29 is 0 Å². The summed E-state index contributed by atoms with van der Waals surface area (Å²) in [5.74, 6) is 0. The molecule has 0 aliphatic rings. The molecule has 0 spiro atoms. The van der Waals surface area contributed by atoms with Crippen molar-refractivity contribution in [3.63, 3.8) is 0 Å². The molecule has 0 aliphatic carbocycles. The van der Waals surface area contributed by atoms with Gasteiger partial charge < -0.3 is 4.40 Å². The fourth-order valence-electron chi connectivity index (χ4n) is 4.93. The van der Waals surface area contributed by atoms with E-state index in [0.29, 0.717) is 0 Å². The van der Waals surface area contributed by atoms with Gasteiger partial charge in [0.05, 0.1) is 22.1 Å². The smallest absolute Gasteiger partial charge is 0.0808 e. The molecule has 0 N–H and O–H groups in total. The lowest BCUT2D eigenvalue weighted by Crippen LogP contribution is -1.94. The Hall–Kier alpha value is -3.65. The molecule has 2 nitrogen and oxygen atoms in total. The van der Waals surface area contributed by atoms with Crippen LogP contribution >= 0.6 is 0 Å². The topological polar surface area (TPSA) is 17.3 Å². The van der Waals surface area contributed by atoms with Gasteiger partial charge in [-0.2, -0.15) is 0 Å². The molecule has 27 heavy (non-hydrogen) atoms. The molecule has 0 saturated carbocycles. The molecule has 2 heteroatoms. The minimum atomic E-state index is 1.09. The maximum Gasteiger partial charge on any atom is 0.0808 e. The van der Waals surface area contributed by atoms with Gasteiger partial charge in [0, 0.05) is 33.1 Å². The lowest BCUT2D eigenvalue weighted by Gasteiger charge is -2.14. The zero-order chi connectivity index (χ0) is 17.5. The van der Waals surface area contributed by atoms with Crippen LogP contribution in [-0.4, -0.2) is 9.38 Å². The maximum atomic E-state index is 4.83. The average Bonchev–Trinajstić information content (AvgIpc) is 3.10. The summed E-state index contributed by atoms with van der Waals surface area (Å²) in [6.45, 7) is 0. The van der Waals surface area contributed by atoms with Gasteiger partial charge in [-0.1, -0.05) is 60.7 Å². The van der Waals surface area contributed by atoms with Crippen LogP contribution in [-0.2, 0) is 0 Å². The lowest BCUT2D eigenvalue weighted by molar-refractivity contribution is 1.34. The van der Waals surface area contributed by atoms with E-state index in [1.54, 1.807) is 0 Å². The SMILES string of the molecule is c1ccc2c(c1)c1nccc3c4ccccc4n4c5ccccc5c2c4c31. The highest BCUT2D eigenvalue weighted by Crippen LogP contribution is 2.44. The summed E-state index contributed by atoms with van der Waals surface area (Å²) in [6, 6.07) is 28.3. The standard InChI is InChI=1S/C25H14N2/c1-2-9-18-16(8-1)22-19-10-4-6-12-21(19)27-20-11-5-3-7-15(20)17-13-14-26-24(18)23(17)25(22)27/h1-14H. The summed E-state index contributed by atoms with van der Waals surface area (Å²) in [5, 5.41) is 8.95. The number of fused-ring (bicyclic) bond motifs is 9. The van der Waals surface area contributed by atoms with Crippen molar-refractivity contribution in [2.24, 2.45) is 0 Å². The Morgan fingerprint density at radius 2 is 1.11 bits per heavy atom. The third-order valence-electron chi connectivity index (χ3n) is 5.95. The second-order valence-electron chi connectivity index (χ2n) is 7.22. The van der Waals surface area contributed by atoms with Crippen LogP contribution in [0.2, 0.25) is 0 Å². The largest absolute Gasteiger partial charge is 0.308 e. The van der Waals surface area contributed by atoms with Gasteiger partial charge in [-0.3, -0.25) is 4.98 Å². The quantitative estimate of drug-likeness (QED) is 0.226. The molecule has 0 saturated heterocycles. The van der Waals surface area contributed by atoms with Crippen LogP contribution in [0, 0.1) is 0 Å². The zero-order valence-electron chi connectivity index (χ0n) is 14.5. The Morgan fingerprint density at radius 1 is 0.519 bits per heavy atom. The van der Waals surface area contributed by atoms with E-state index in [2.05, 4.69) is 83.3 Å². The number of hydrogen-bond acceptors (Lipinski definition) is 1. The first-order valence-corrected chi connectivity index (χ1v) is 9.26. The van der Waals surface area contributed by atoms with Crippen LogP contribution in [0.3, 0.4) is 0 Å². The van der Waals surface area contributed by atoms with Crippen molar-refractivity contribution in [1.82, 2.24) is 9.38 Å². The van der Waals surface area contributed by atoms with Gasteiger partial charge in [0.25, 0.3) is 0 Å². The van der Waals surface area contributed by atoms with Crippen molar-refractivity contribution in [2.45, 2.75) is 0 Å². The minimum absolute atomic E-state index is 1.09. The Balaban J connectivity index is 2.06. The molecule has 0 amide bonds. The second kappa shape index (κ2) is 4.54. The van der Waals surface area contributed by atoms with Gasteiger partial charge in [0.15, 0.2) is 0 Å². The van der Waals surface area contributed by atoms with Crippen LogP contribution in [0.1, 0.15) is 0 Å². The third kappa shape index (κ3) is 1.47. The monoisotopic (exact) mass is 342 g/mol. The van der Waals surface area contributed by atoms with Crippen molar-refractivity contribution in [2.75, 3.05) is 0 Å². The highest BCUT2D eigenvalue weighted by Gasteiger charge is 2.21. The van der Waals surface area contributed by atoms with E-state index in [4.69, 9.17) is 4.98 Å². The van der Waals surface area contributed by atoms with Gasteiger partial charge in [-0.25, -0.2) is 0 Å². The van der Waals surface area contributed by atoms with E-state index in [1.165, 1.54) is 54.3 Å². The summed E-state index contributed by atoms with van der Waals surface area (Å²) in [6.07, 6.45) is 1.95. The molecule has 0 atom stereocenters. The fourth-order valence-corrected chi connectivity index (χ4v) is 4.93. The Kier molecular flexibility index (Phi) is 2.28. The molecule has 0 unspecified atom stereocenters. The number of benzene rings is 4. The highest BCUT2D eigenvalue weighted by atomic mass is 14.9. The van der Waals surface area contributed by atoms with E-state index >= 15 is 0 Å². The molecule has 7 aromatic rings. The predicted molar refractivity (Wildman–Crippen MR) is 114 cm³/mol. The molecule has 0 fully saturated rings. The van der Waals surface area contributed by atoms with E-state index < -0.39 is 0 Å². The summed E-state index contributed by atoms with van der Waals surface area (Å²) in [5.41, 5.74) is 4.88. The summed E-state index contributed by atoms with van der Waals surface area (Å²) < 4.78 is 2.43. The first kappa shape index (κ1) is 13.5. The van der Waals surface area contributed by atoms with Gasteiger partial charge in [-0.05, 0) is 29.0 Å². The van der Waals surface area contributed by atoms with E-state index in [1.807, 2.05) is 6.20 Å². The van der Waals surface area contributed by atoms with Crippen LogP contribution in [0.5, 0.6) is 0 Å². The van der Waals surface area contributed by atoms with Gasteiger partial charge in [0.2, 0.25) is 0 Å². The molecule has 7 rings (SSSR count). The van der Waals surface area contributed by atoms with Crippen LogP contribution in [0.4, 0.5) is 0 Å². The number of para-hydroxylation sites is 2. The lowest BCUT2D eigenvalue weighted by atomic mass is 9.96. The van der Waals surface area contributed by atoms with Crippen molar-refractivity contribution in [3.05, 3.63) is 85.1 Å². The molecule has 3 aromatic heterocycles. The maximum absolute atomic E-state index is 4.83. The van der Waals surface area contributed by atoms with Gasteiger partial charge in [-0.15, -0.1) is 0 Å². The fraction of sp³-hybridized carbons (Fsp3) is 0. The van der Waals surface area contributed by atoms with Crippen LogP contribution < -0.4 is 0 Å². The zero-order valence-corrected chi connectivity index (χ0v) is 14.5. The Morgan fingerprint density at radius 3 is 1.93 bits per heavy atom. The average molecular weight is 342 g/mol. The predicted octanol–water partition coefficient (Wildman–Crippen LogP) is 6.54. The van der Waals surface area contributed by atoms with E-state index in [-0.39, 0.29) is 0 Å². The summed E-state index contributed by atoms with van der Waals surface area (Å²) in [4.78, 5) is 4.83. The number of nitrogens with zero attached hydrogens (tertiary/aromatic N) is 2. The van der Waals surface area contributed by atoms with E-state index in [9.17, 15) is 0 Å². The first-order valence-electron chi connectivity index (χ1n) is 9.26. The van der Waals surface area contributed by atoms with E-state index in [0.717, 1.165) is 5.52 Å². The number of pyridine rings is 2. The molecular weight excluding hydrogens is 328 g/mol. The molecule has 124 valence electrons. The molecule has 0 radical (unpaired) electrons. The summed E-state index contributed by atoms with van der Waals surface area (Å²) >= 11 is 0. The second-order valence-corrected chi connectivity index (χ2v) is 7.22. The first-order chi connectivity index (χ1) is 13.4. The number of aromatic nitrogens is 2. The summed E-state index contributed by atoms with van der Waals surface area (Å²) in [7, 11) is 0.